The molecule has 138 valence electrons. The lowest BCUT2D eigenvalue weighted by Crippen LogP contribution is -2.48. The summed E-state index contributed by atoms with van der Waals surface area (Å²) >= 11 is 0. The summed E-state index contributed by atoms with van der Waals surface area (Å²) in [5.74, 6) is 0.152. The van der Waals surface area contributed by atoms with Gasteiger partial charge in [-0.1, -0.05) is 5.16 Å². The molecule has 0 amide bonds. The first-order valence-electron chi connectivity index (χ1n) is 8.19. The molecule has 1 saturated heterocycles. The fourth-order valence-corrected chi connectivity index (χ4v) is 4.52. The summed E-state index contributed by atoms with van der Waals surface area (Å²) in [6.45, 7) is 4.44. The van der Waals surface area contributed by atoms with Crippen LogP contribution in [0.5, 0.6) is 0 Å². The summed E-state index contributed by atoms with van der Waals surface area (Å²) in [6.07, 6.45) is 0. The van der Waals surface area contributed by atoms with Crippen molar-refractivity contribution in [3.05, 3.63) is 46.3 Å². The fourth-order valence-electron chi connectivity index (χ4n) is 3.08. The third-order valence-electron chi connectivity index (χ3n) is 4.42. The van der Waals surface area contributed by atoms with Crippen LogP contribution in [0.2, 0.25) is 0 Å². The first kappa shape index (κ1) is 17.0. The molecule has 0 radical (unpaired) electrons. The monoisotopic (exact) mass is 378 g/mol. The van der Waals surface area contributed by atoms with Crippen LogP contribution in [0.3, 0.4) is 0 Å². The summed E-state index contributed by atoms with van der Waals surface area (Å²) in [6, 6.07) is 6.28. The molecular formula is C16H18N4O5S. The van der Waals surface area contributed by atoms with Crippen molar-refractivity contribution in [1.82, 2.24) is 19.3 Å². The van der Waals surface area contributed by atoms with Crippen molar-refractivity contribution in [3.8, 4) is 0 Å². The number of sulfonamides is 1. The van der Waals surface area contributed by atoms with Gasteiger partial charge in [0.2, 0.25) is 10.0 Å². The number of aromatic amines is 1. The second-order valence-electron chi connectivity index (χ2n) is 6.28. The van der Waals surface area contributed by atoms with E-state index in [0.29, 0.717) is 38.2 Å². The second kappa shape index (κ2) is 6.38. The predicted octanol–water partition coefficient (Wildman–Crippen LogP) is 0.924. The highest BCUT2D eigenvalue weighted by molar-refractivity contribution is 7.89. The van der Waals surface area contributed by atoms with Crippen LogP contribution in [0, 0.1) is 6.92 Å². The lowest BCUT2D eigenvalue weighted by Gasteiger charge is -2.33. The number of aromatic nitrogens is 2. The van der Waals surface area contributed by atoms with Crippen molar-refractivity contribution in [1.29, 1.82) is 0 Å². The van der Waals surface area contributed by atoms with Crippen molar-refractivity contribution >= 4 is 21.1 Å². The highest BCUT2D eigenvalue weighted by Gasteiger charge is 2.29. The van der Waals surface area contributed by atoms with Gasteiger partial charge in [0.1, 0.15) is 5.76 Å². The number of benzene rings is 1. The Morgan fingerprint density at radius 2 is 1.96 bits per heavy atom. The molecule has 9 nitrogen and oxygen atoms in total. The lowest BCUT2D eigenvalue weighted by molar-refractivity contribution is 0.177. The number of rotatable bonds is 4. The van der Waals surface area contributed by atoms with Crippen LogP contribution in [0.4, 0.5) is 0 Å². The van der Waals surface area contributed by atoms with Gasteiger partial charge in [0.05, 0.1) is 16.1 Å². The molecule has 1 fully saturated rings. The zero-order valence-electron chi connectivity index (χ0n) is 14.1. The number of piperazine rings is 1. The molecule has 0 bridgehead atoms. The van der Waals surface area contributed by atoms with E-state index in [1.807, 2.05) is 13.0 Å². The zero-order chi connectivity index (χ0) is 18.3. The average molecular weight is 378 g/mol. The highest BCUT2D eigenvalue weighted by atomic mass is 32.2. The predicted molar refractivity (Wildman–Crippen MR) is 92.1 cm³/mol. The first-order chi connectivity index (χ1) is 12.4. The Balaban J connectivity index is 1.47. The number of oxazole rings is 1. The summed E-state index contributed by atoms with van der Waals surface area (Å²) < 4.78 is 37.2. The van der Waals surface area contributed by atoms with Gasteiger partial charge in [-0.25, -0.2) is 13.2 Å². The molecule has 10 heteroatoms. The summed E-state index contributed by atoms with van der Waals surface area (Å²) in [5.41, 5.74) is 1.55. The molecule has 1 aromatic carbocycles. The van der Waals surface area contributed by atoms with Gasteiger partial charge in [0.25, 0.3) is 0 Å². The normalized spacial score (nSPS) is 17.1. The minimum absolute atomic E-state index is 0.119. The molecule has 3 aromatic rings. The Bertz CT molecular complexity index is 1090. The molecule has 4 rings (SSSR count). The zero-order valence-corrected chi connectivity index (χ0v) is 15.0. The largest absolute Gasteiger partial charge is 0.417 e. The van der Waals surface area contributed by atoms with E-state index in [0.717, 1.165) is 11.5 Å². The second-order valence-corrected chi connectivity index (χ2v) is 8.22. The molecule has 26 heavy (non-hydrogen) atoms. The van der Waals surface area contributed by atoms with Crippen LogP contribution in [-0.4, -0.2) is 53.9 Å². The Kier molecular flexibility index (Phi) is 4.17. The SMILES string of the molecule is Cc1cc(CN2CCN(S(=O)(=O)c3ccc4[nH]c(=O)oc4c3)CC2)no1. The van der Waals surface area contributed by atoms with Crippen LogP contribution >= 0.6 is 0 Å². The van der Waals surface area contributed by atoms with Crippen LogP contribution in [0.25, 0.3) is 11.1 Å². The number of hydrogen-bond acceptors (Lipinski definition) is 7. The van der Waals surface area contributed by atoms with Gasteiger partial charge in [-0.05, 0) is 19.1 Å². The quantitative estimate of drug-likeness (QED) is 0.718. The molecule has 0 atom stereocenters. The third kappa shape index (κ3) is 3.18. The molecule has 2 aromatic heterocycles. The van der Waals surface area contributed by atoms with Crippen molar-refractivity contribution in [3.63, 3.8) is 0 Å². The maximum Gasteiger partial charge on any atom is 0.417 e. The van der Waals surface area contributed by atoms with E-state index in [4.69, 9.17) is 8.94 Å². The van der Waals surface area contributed by atoms with E-state index in [1.54, 1.807) is 0 Å². The molecule has 1 N–H and O–H groups in total. The van der Waals surface area contributed by atoms with E-state index in [2.05, 4.69) is 15.0 Å². The fraction of sp³-hybridized carbons (Fsp3) is 0.375. The number of hydrogen-bond donors (Lipinski definition) is 1. The number of nitrogens with zero attached hydrogens (tertiary/aromatic N) is 3. The van der Waals surface area contributed by atoms with Crippen LogP contribution in [-0.2, 0) is 16.6 Å². The minimum Gasteiger partial charge on any atom is -0.408 e. The smallest absolute Gasteiger partial charge is 0.408 e. The number of aryl methyl sites for hydroxylation is 1. The van der Waals surface area contributed by atoms with Gasteiger partial charge in [0, 0.05) is 44.9 Å². The minimum atomic E-state index is -3.64. The molecule has 0 saturated carbocycles. The highest BCUT2D eigenvalue weighted by Crippen LogP contribution is 2.22. The third-order valence-corrected chi connectivity index (χ3v) is 6.32. The van der Waals surface area contributed by atoms with Gasteiger partial charge in [0.15, 0.2) is 5.58 Å². The Morgan fingerprint density at radius 1 is 1.19 bits per heavy atom. The maximum atomic E-state index is 12.9. The van der Waals surface area contributed by atoms with Crippen molar-refractivity contribution < 1.29 is 17.4 Å². The molecule has 1 aliphatic heterocycles. The van der Waals surface area contributed by atoms with Gasteiger partial charge < -0.3 is 8.94 Å². The van der Waals surface area contributed by atoms with Crippen LogP contribution in [0.1, 0.15) is 11.5 Å². The van der Waals surface area contributed by atoms with Gasteiger partial charge >= 0.3 is 5.76 Å². The van der Waals surface area contributed by atoms with E-state index >= 15 is 0 Å². The number of nitrogens with one attached hydrogen (secondary N) is 1. The van der Waals surface area contributed by atoms with Crippen LogP contribution in [0.15, 0.2) is 42.9 Å². The topological polar surface area (TPSA) is 113 Å². The van der Waals surface area contributed by atoms with Crippen molar-refractivity contribution in [2.45, 2.75) is 18.4 Å². The van der Waals surface area contributed by atoms with Crippen LogP contribution < -0.4 is 5.76 Å². The molecule has 3 heterocycles. The number of fused-ring (bicyclic) bond motifs is 1. The molecular weight excluding hydrogens is 360 g/mol. The van der Waals surface area contributed by atoms with Crippen molar-refractivity contribution in [2.24, 2.45) is 0 Å². The van der Waals surface area contributed by atoms with Gasteiger partial charge in [-0.3, -0.25) is 9.88 Å². The Labute approximate surface area is 149 Å². The van der Waals surface area contributed by atoms with Gasteiger partial charge in [-0.15, -0.1) is 0 Å². The standard InChI is InChI=1S/C16H18N4O5S/c1-11-8-12(18-25-11)10-19-4-6-20(7-5-19)26(22,23)13-2-3-14-15(9-13)24-16(21)17-14/h2-3,8-9H,4-7,10H2,1H3,(H,17,21). The van der Waals surface area contributed by atoms with E-state index < -0.39 is 15.8 Å². The molecule has 0 spiro atoms. The average Bonchev–Trinajstić information content (AvgIpc) is 3.18. The summed E-state index contributed by atoms with van der Waals surface area (Å²) in [5, 5.41) is 3.97. The Hall–Kier alpha value is -2.43. The summed E-state index contributed by atoms with van der Waals surface area (Å²) in [7, 11) is -3.64. The Morgan fingerprint density at radius 3 is 2.65 bits per heavy atom. The summed E-state index contributed by atoms with van der Waals surface area (Å²) in [4.78, 5) is 16.0. The van der Waals surface area contributed by atoms with E-state index in [9.17, 15) is 13.2 Å². The molecule has 0 unspecified atom stereocenters. The lowest BCUT2D eigenvalue weighted by atomic mass is 10.3. The molecule has 0 aliphatic carbocycles. The maximum absolute atomic E-state index is 12.9. The first-order valence-corrected chi connectivity index (χ1v) is 9.63. The number of H-pyrrole nitrogens is 1. The van der Waals surface area contributed by atoms with E-state index in [-0.39, 0.29) is 10.5 Å². The molecule has 1 aliphatic rings. The van der Waals surface area contributed by atoms with Gasteiger partial charge in [-0.2, -0.15) is 4.31 Å². The van der Waals surface area contributed by atoms with E-state index in [1.165, 1.54) is 22.5 Å². The van der Waals surface area contributed by atoms with Crippen molar-refractivity contribution in [2.75, 3.05) is 26.2 Å².